The van der Waals surface area contributed by atoms with Crippen LogP contribution in [0.5, 0.6) is 0 Å². The third kappa shape index (κ3) is 5.83. The number of guanidine groups is 1. The average molecular weight is 440 g/mol. The van der Waals surface area contributed by atoms with Crippen LogP contribution in [0, 0.1) is 11.8 Å². The summed E-state index contributed by atoms with van der Waals surface area (Å²) in [5, 5.41) is 3.48. The Morgan fingerprint density at radius 1 is 1.03 bits per heavy atom. The van der Waals surface area contributed by atoms with Gasteiger partial charge in [0.15, 0.2) is 5.96 Å². The van der Waals surface area contributed by atoms with Crippen molar-refractivity contribution < 1.29 is 4.79 Å². The summed E-state index contributed by atoms with van der Waals surface area (Å²) in [5.41, 5.74) is 1.42. The van der Waals surface area contributed by atoms with Crippen molar-refractivity contribution in [2.45, 2.75) is 58.0 Å². The molecule has 0 saturated carbocycles. The molecule has 0 spiro atoms. The lowest BCUT2D eigenvalue weighted by Crippen LogP contribution is -2.56. The Morgan fingerprint density at radius 3 is 2.62 bits per heavy atom. The summed E-state index contributed by atoms with van der Waals surface area (Å²) in [4.78, 5) is 24.3. The van der Waals surface area contributed by atoms with Gasteiger partial charge in [0, 0.05) is 58.8 Å². The normalized spacial score (nSPS) is 27.2. The van der Waals surface area contributed by atoms with Crippen molar-refractivity contribution in [3.63, 3.8) is 0 Å². The molecule has 0 aromatic heterocycles. The van der Waals surface area contributed by atoms with Gasteiger partial charge in [0.05, 0.1) is 0 Å². The number of amides is 1. The molecule has 3 saturated heterocycles. The second-order valence-corrected chi connectivity index (χ2v) is 9.97. The van der Waals surface area contributed by atoms with Crippen LogP contribution in [0.2, 0.25) is 0 Å². The van der Waals surface area contributed by atoms with Crippen molar-refractivity contribution >= 4 is 11.9 Å². The number of nitrogens with zero attached hydrogens (tertiary/aromatic N) is 4. The minimum absolute atomic E-state index is 0.280. The zero-order valence-corrected chi connectivity index (χ0v) is 20.0. The maximum atomic E-state index is 12.6. The molecule has 3 unspecified atom stereocenters. The van der Waals surface area contributed by atoms with Crippen LogP contribution < -0.4 is 5.32 Å². The molecule has 1 aromatic rings. The number of fused-ring (bicyclic) bond motifs is 1. The largest absolute Gasteiger partial charge is 0.356 e. The second-order valence-electron chi connectivity index (χ2n) is 9.97. The monoisotopic (exact) mass is 439 g/mol. The molecule has 3 aliphatic heterocycles. The number of nitrogens with one attached hydrogen (secondary N) is 1. The van der Waals surface area contributed by atoms with Crippen LogP contribution in [-0.2, 0) is 11.3 Å². The van der Waals surface area contributed by atoms with E-state index in [1.807, 2.05) is 11.9 Å². The lowest BCUT2D eigenvalue weighted by atomic mass is 9.83. The second kappa shape index (κ2) is 11.2. The fourth-order valence-corrected chi connectivity index (χ4v) is 5.90. The highest BCUT2D eigenvalue weighted by Crippen LogP contribution is 2.31. The highest BCUT2D eigenvalue weighted by molar-refractivity contribution is 5.81. The molecule has 1 N–H and O–H groups in total. The Labute approximate surface area is 194 Å². The molecule has 6 heteroatoms. The Hall–Kier alpha value is -2.08. The van der Waals surface area contributed by atoms with Crippen LogP contribution in [0.4, 0.5) is 0 Å². The summed E-state index contributed by atoms with van der Waals surface area (Å²) in [6.45, 7) is 9.12. The number of carbonyl (C=O) groups is 1. The van der Waals surface area contributed by atoms with E-state index >= 15 is 0 Å². The molecule has 4 rings (SSSR count). The molecule has 0 bridgehead atoms. The van der Waals surface area contributed by atoms with Crippen LogP contribution in [0.1, 0.15) is 51.0 Å². The van der Waals surface area contributed by atoms with E-state index in [1.54, 1.807) is 0 Å². The molecule has 3 fully saturated rings. The third-order valence-corrected chi connectivity index (χ3v) is 7.55. The first kappa shape index (κ1) is 23.1. The maximum absolute atomic E-state index is 12.6. The third-order valence-electron chi connectivity index (χ3n) is 7.55. The molecule has 0 radical (unpaired) electrons. The number of benzene rings is 1. The fraction of sp³-hybridized carbons (Fsp3) is 0.692. The van der Waals surface area contributed by atoms with Gasteiger partial charge in [-0.25, -0.2) is 0 Å². The Morgan fingerprint density at radius 2 is 1.84 bits per heavy atom. The molecule has 176 valence electrons. The van der Waals surface area contributed by atoms with Crippen molar-refractivity contribution in [3.8, 4) is 0 Å². The SMILES string of the molecule is CN=C(NCCC(=O)N1CCCC(C)C1)N1CCC2C(CCCN2Cc2ccccc2)C1. The maximum Gasteiger partial charge on any atom is 0.224 e. The van der Waals surface area contributed by atoms with E-state index in [-0.39, 0.29) is 5.91 Å². The Bertz CT molecular complexity index is 767. The Balaban J connectivity index is 1.25. The minimum Gasteiger partial charge on any atom is -0.356 e. The molecular weight excluding hydrogens is 398 g/mol. The van der Waals surface area contributed by atoms with E-state index in [9.17, 15) is 4.79 Å². The zero-order chi connectivity index (χ0) is 22.3. The van der Waals surface area contributed by atoms with Gasteiger partial charge in [0.2, 0.25) is 5.91 Å². The lowest BCUT2D eigenvalue weighted by Gasteiger charge is -2.48. The van der Waals surface area contributed by atoms with E-state index < -0.39 is 0 Å². The molecule has 0 aliphatic carbocycles. The molecule has 1 amide bonds. The van der Waals surface area contributed by atoms with Crippen molar-refractivity contribution in [2.24, 2.45) is 16.8 Å². The van der Waals surface area contributed by atoms with E-state index in [1.165, 1.54) is 37.8 Å². The van der Waals surface area contributed by atoms with Gasteiger partial charge in [-0.05, 0) is 56.0 Å². The smallest absolute Gasteiger partial charge is 0.224 e. The quantitative estimate of drug-likeness (QED) is 0.566. The first-order valence-corrected chi connectivity index (χ1v) is 12.7. The van der Waals surface area contributed by atoms with Gasteiger partial charge < -0.3 is 15.1 Å². The summed E-state index contributed by atoms with van der Waals surface area (Å²) in [5.74, 6) is 2.56. The van der Waals surface area contributed by atoms with Crippen molar-refractivity contribution in [3.05, 3.63) is 35.9 Å². The molecule has 1 aromatic carbocycles. The number of piperidine rings is 3. The highest BCUT2D eigenvalue weighted by atomic mass is 16.2. The molecule has 32 heavy (non-hydrogen) atoms. The summed E-state index contributed by atoms with van der Waals surface area (Å²) >= 11 is 0. The predicted molar refractivity (Wildman–Crippen MR) is 131 cm³/mol. The number of hydrogen-bond donors (Lipinski definition) is 1. The van der Waals surface area contributed by atoms with Crippen LogP contribution >= 0.6 is 0 Å². The van der Waals surface area contributed by atoms with Crippen LogP contribution in [-0.4, -0.2) is 78.9 Å². The van der Waals surface area contributed by atoms with Gasteiger partial charge in [0.1, 0.15) is 0 Å². The van der Waals surface area contributed by atoms with Crippen LogP contribution in [0.3, 0.4) is 0 Å². The van der Waals surface area contributed by atoms with Crippen molar-refractivity contribution in [1.29, 1.82) is 0 Å². The predicted octanol–water partition coefficient (Wildman–Crippen LogP) is 3.20. The number of aliphatic imine (C=N–C) groups is 1. The number of rotatable bonds is 5. The summed E-state index contributed by atoms with van der Waals surface area (Å²) < 4.78 is 0. The van der Waals surface area contributed by atoms with E-state index in [4.69, 9.17) is 0 Å². The molecular formula is C26H41N5O. The molecule has 6 nitrogen and oxygen atoms in total. The average Bonchev–Trinajstić information content (AvgIpc) is 2.82. The van der Waals surface area contributed by atoms with E-state index in [0.717, 1.165) is 45.1 Å². The molecule has 3 aliphatic rings. The number of likely N-dealkylation sites (tertiary alicyclic amines) is 3. The fourth-order valence-electron chi connectivity index (χ4n) is 5.90. The highest BCUT2D eigenvalue weighted by Gasteiger charge is 2.36. The van der Waals surface area contributed by atoms with E-state index in [2.05, 4.69) is 57.4 Å². The van der Waals surface area contributed by atoms with Gasteiger partial charge in [-0.1, -0.05) is 37.3 Å². The molecule has 3 atom stereocenters. The molecule has 3 heterocycles. The van der Waals surface area contributed by atoms with Crippen LogP contribution in [0.25, 0.3) is 0 Å². The van der Waals surface area contributed by atoms with Gasteiger partial charge >= 0.3 is 0 Å². The zero-order valence-electron chi connectivity index (χ0n) is 20.0. The first-order valence-electron chi connectivity index (χ1n) is 12.7. The van der Waals surface area contributed by atoms with E-state index in [0.29, 0.717) is 30.8 Å². The number of carbonyl (C=O) groups excluding carboxylic acids is 1. The lowest BCUT2D eigenvalue weighted by molar-refractivity contribution is -0.132. The summed E-state index contributed by atoms with van der Waals surface area (Å²) in [6.07, 6.45) is 6.69. The van der Waals surface area contributed by atoms with Gasteiger partial charge in [0.25, 0.3) is 0 Å². The number of hydrogen-bond acceptors (Lipinski definition) is 3. The van der Waals surface area contributed by atoms with Crippen molar-refractivity contribution in [2.75, 3.05) is 46.3 Å². The standard InChI is InChI=1S/C26H41N5O/c1-21-8-6-16-30(18-21)25(32)12-14-28-26(27-2)31-17-13-24-23(20-31)11-7-15-29(24)19-22-9-4-3-5-10-22/h3-5,9-10,21,23-24H,6-8,11-20H2,1-2H3,(H,27,28). The summed E-state index contributed by atoms with van der Waals surface area (Å²) in [6, 6.07) is 11.5. The Kier molecular flexibility index (Phi) is 8.06. The minimum atomic E-state index is 0.280. The summed E-state index contributed by atoms with van der Waals surface area (Å²) in [7, 11) is 1.87. The van der Waals surface area contributed by atoms with Gasteiger partial charge in [-0.3, -0.25) is 14.7 Å². The first-order chi connectivity index (χ1) is 15.6. The van der Waals surface area contributed by atoms with Gasteiger partial charge in [-0.15, -0.1) is 0 Å². The topological polar surface area (TPSA) is 51.2 Å². The van der Waals surface area contributed by atoms with Crippen molar-refractivity contribution in [1.82, 2.24) is 20.0 Å². The van der Waals surface area contributed by atoms with Gasteiger partial charge in [-0.2, -0.15) is 0 Å². The van der Waals surface area contributed by atoms with Crippen LogP contribution in [0.15, 0.2) is 35.3 Å².